The van der Waals surface area contributed by atoms with Gasteiger partial charge in [-0.05, 0) is 50.0 Å². The lowest BCUT2D eigenvalue weighted by Gasteiger charge is -2.44. The summed E-state index contributed by atoms with van der Waals surface area (Å²) in [5, 5.41) is 14.4. The van der Waals surface area contributed by atoms with Crippen LogP contribution in [-0.4, -0.2) is 30.5 Å². The van der Waals surface area contributed by atoms with Crippen LogP contribution in [0.3, 0.4) is 0 Å². The number of rotatable bonds is 2. The fourth-order valence-corrected chi connectivity index (χ4v) is 4.26. The Kier molecular flexibility index (Phi) is 4.13. The summed E-state index contributed by atoms with van der Waals surface area (Å²) < 4.78 is 5.65. The van der Waals surface area contributed by atoms with E-state index in [2.05, 4.69) is 5.32 Å². The molecule has 0 radical (unpaired) electrons. The van der Waals surface area contributed by atoms with Crippen molar-refractivity contribution in [1.29, 1.82) is 0 Å². The average molecular weight is 265 g/mol. The Labute approximate surface area is 116 Å². The quantitative estimate of drug-likeness (QED) is 0.806. The molecule has 108 valence electrons. The molecule has 0 bridgehead atoms. The largest absolute Gasteiger partial charge is 0.388 e. The molecule has 3 rings (SSSR count). The predicted molar refractivity (Wildman–Crippen MR) is 75.8 cm³/mol. The number of hydrogen-bond donors (Lipinski definition) is 2. The molecule has 1 saturated carbocycles. The van der Waals surface area contributed by atoms with E-state index in [0.29, 0.717) is 5.92 Å². The third-order valence-electron chi connectivity index (χ3n) is 5.28. The van der Waals surface area contributed by atoms with Crippen LogP contribution < -0.4 is 5.32 Å². The van der Waals surface area contributed by atoms with Crippen LogP contribution in [0.15, 0.2) is 11.3 Å². The lowest BCUT2D eigenvalue weighted by Crippen LogP contribution is -2.56. The Morgan fingerprint density at radius 3 is 2.53 bits per heavy atom. The molecular formula is C16H27NO2. The third-order valence-corrected chi connectivity index (χ3v) is 5.28. The molecule has 2 N–H and O–H groups in total. The second kappa shape index (κ2) is 5.84. The van der Waals surface area contributed by atoms with Crippen molar-refractivity contribution >= 4 is 0 Å². The van der Waals surface area contributed by atoms with Crippen LogP contribution >= 0.6 is 0 Å². The molecule has 1 heterocycles. The Morgan fingerprint density at radius 1 is 1.05 bits per heavy atom. The van der Waals surface area contributed by atoms with Gasteiger partial charge in [0.1, 0.15) is 12.2 Å². The van der Waals surface area contributed by atoms with Crippen molar-refractivity contribution in [3.05, 3.63) is 11.3 Å². The first-order valence-corrected chi connectivity index (χ1v) is 8.00. The number of allylic oxidation sites excluding steroid dienone is 1. The Hall–Kier alpha value is -0.540. The molecule has 0 saturated heterocycles. The third kappa shape index (κ3) is 2.55. The van der Waals surface area contributed by atoms with Gasteiger partial charge in [0.05, 0.1) is 6.04 Å². The summed E-state index contributed by atoms with van der Waals surface area (Å²) in [7, 11) is 1.75. The van der Waals surface area contributed by atoms with Gasteiger partial charge in [0.2, 0.25) is 0 Å². The van der Waals surface area contributed by atoms with E-state index in [1.807, 2.05) is 0 Å². The molecule has 3 aliphatic rings. The number of hydrogen-bond acceptors (Lipinski definition) is 3. The van der Waals surface area contributed by atoms with E-state index in [1.54, 1.807) is 7.11 Å². The highest BCUT2D eigenvalue weighted by molar-refractivity contribution is 5.26. The first-order valence-electron chi connectivity index (χ1n) is 8.00. The van der Waals surface area contributed by atoms with Gasteiger partial charge in [0, 0.05) is 12.8 Å². The van der Waals surface area contributed by atoms with Crippen molar-refractivity contribution in [2.45, 2.75) is 76.0 Å². The highest BCUT2D eigenvalue weighted by atomic mass is 16.5. The van der Waals surface area contributed by atoms with Gasteiger partial charge in [0.25, 0.3) is 0 Å². The highest BCUT2D eigenvalue weighted by Gasteiger charge is 2.41. The van der Waals surface area contributed by atoms with E-state index in [0.717, 1.165) is 12.8 Å². The van der Waals surface area contributed by atoms with Gasteiger partial charge in [-0.2, -0.15) is 0 Å². The molecule has 0 spiro atoms. The van der Waals surface area contributed by atoms with Crippen molar-refractivity contribution in [3.8, 4) is 0 Å². The van der Waals surface area contributed by atoms with Gasteiger partial charge in [-0.15, -0.1) is 0 Å². The fraction of sp³-hybridized carbons (Fsp3) is 0.875. The molecule has 0 amide bonds. The van der Waals surface area contributed by atoms with Crippen LogP contribution in [0.1, 0.15) is 57.8 Å². The van der Waals surface area contributed by atoms with Crippen molar-refractivity contribution in [3.63, 3.8) is 0 Å². The number of aliphatic hydroxyl groups is 1. The molecule has 19 heavy (non-hydrogen) atoms. The van der Waals surface area contributed by atoms with Crippen molar-refractivity contribution < 1.29 is 9.84 Å². The van der Waals surface area contributed by atoms with E-state index < -0.39 is 0 Å². The average Bonchev–Trinajstić information content (AvgIpc) is 2.47. The molecular weight excluding hydrogens is 238 g/mol. The van der Waals surface area contributed by atoms with Crippen molar-refractivity contribution in [2.75, 3.05) is 7.11 Å². The molecule has 3 nitrogen and oxygen atoms in total. The summed E-state index contributed by atoms with van der Waals surface area (Å²) in [4.78, 5) is 0. The van der Waals surface area contributed by atoms with Crippen LogP contribution in [0.4, 0.5) is 0 Å². The zero-order valence-electron chi connectivity index (χ0n) is 12.0. The summed E-state index contributed by atoms with van der Waals surface area (Å²) in [6, 6.07) is 0.210. The van der Waals surface area contributed by atoms with Crippen molar-refractivity contribution in [1.82, 2.24) is 5.32 Å². The lowest BCUT2D eigenvalue weighted by atomic mass is 9.76. The number of aliphatic hydroxyl groups excluding tert-OH is 1. The molecule has 1 fully saturated rings. The second-order valence-electron chi connectivity index (χ2n) is 6.43. The van der Waals surface area contributed by atoms with Gasteiger partial charge >= 0.3 is 0 Å². The molecule has 0 aromatic carbocycles. The second-order valence-corrected chi connectivity index (χ2v) is 6.43. The maximum Gasteiger partial charge on any atom is 0.108 e. The lowest BCUT2D eigenvalue weighted by molar-refractivity contribution is -0.0360. The van der Waals surface area contributed by atoms with Gasteiger partial charge < -0.3 is 15.2 Å². The Bertz CT molecular complexity index is 347. The minimum atomic E-state index is -0.370. The summed E-state index contributed by atoms with van der Waals surface area (Å²) in [5.74, 6) is 0.623. The minimum absolute atomic E-state index is 0.0662. The van der Waals surface area contributed by atoms with E-state index in [9.17, 15) is 5.11 Å². The zero-order valence-corrected chi connectivity index (χ0v) is 12.0. The van der Waals surface area contributed by atoms with E-state index in [-0.39, 0.29) is 18.2 Å². The fourth-order valence-electron chi connectivity index (χ4n) is 4.26. The summed E-state index contributed by atoms with van der Waals surface area (Å²) in [6.07, 6.45) is 10.8. The van der Waals surface area contributed by atoms with Gasteiger partial charge in [0.15, 0.2) is 0 Å². The van der Waals surface area contributed by atoms with E-state index in [4.69, 9.17) is 4.74 Å². The molecule has 0 aromatic heterocycles. The maximum atomic E-state index is 10.7. The number of methoxy groups -OCH3 is 1. The monoisotopic (exact) mass is 265 g/mol. The molecule has 3 heteroatoms. The highest BCUT2D eigenvalue weighted by Crippen LogP contribution is 2.37. The van der Waals surface area contributed by atoms with Crippen LogP contribution in [0, 0.1) is 5.92 Å². The summed E-state index contributed by atoms with van der Waals surface area (Å²) >= 11 is 0. The molecule has 0 aromatic rings. The molecule has 3 atom stereocenters. The van der Waals surface area contributed by atoms with E-state index >= 15 is 0 Å². The summed E-state index contributed by atoms with van der Waals surface area (Å²) in [6.45, 7) is 0. The SMILES string of the molecule is COC1C2=C(CCCC2)NC(C2CCCCC2)C1O. The van der Waals surface area contributed by atoms with Crippen LogP contribution in [0.2, 0.25) is 0 Å². The molecule has 1 aliphatic heterocycles. The number of nitrogens with one attached hydrogen (secondary N) is 1. The van der Waals surface area contributed by atoms with Crippen molar-refractivity contribution in [2.24, 2.45) is 5.92 Å². The number of ether oxygens (including phenoxy) is 1. The minimum Gasteiger partial charge on any atom is -0.388 e. The van der Waals surface area contributed by atoms with Gasteiger partial charge in [-0.1, -0.05) is 19.3 Å². The normalized spacial score (nSPS) is 36.8. The van der Waals surface area contributed by atoms with E-state index in [1.165, 1.54) is 56.2 Å². The molecule has 3 unspecified atom stereocenters. The van der Waals surface area contributed by atoms with Crippen LogP contribution in [0.25, 0.3) is 0 Å². The Balaban J connectivity index is 1.81. The van der Waals surface area contributed by atoms with Crippen LogP contribution in [-0.2, 0) is 4.74 Å². The maximum absolute atomic E-state index is 10.7. The first kappa shape index (κ1) is 13.4. The molecule has 2 aliphatic carbocycles. The summed E-state index contributed by atoms with van der Waals surface area (Å²) in [5.41, 5.74) is 2.73. The van der Waals surface area contributed by atoms with Gasteiger partial charge in [-0.3, -0.25) is 0 Å². The first-order chi connectivity index (χ1) is 9.31. The zero-order chi connectivity index (χ0) is 13.2. The standard InChI is InChI=1S/C16H27NO2/c1-19-16-12-9-5-6-10-13(12)17-14(15(16)18)11-7-3-2-4-8-11/h11,14-18H,2-10H2,1H3. The van der Waals surface area contributed by atoms with Crippen LogP contribution in [0.5, 0.6) is 0 Å². The van der Waals surface area contributed by atoms with Gasteiger partial charge in [-0.25, -0.2) is 0 Å². The predicted octanol–water partition coefficient (Wildman–Crippen LogP) is 2.74. The Morgan fingerprint density at radius 2 is 1.79 bits per heavy atom. The smallest absolute Gasteiger partial charge is 0.108 e. The topological polar surface area (TPSA) is 41.5 Å².